The van der Waals surface area contributed by atoms with Gasteiger partial charge in [-0.3, -0.25) is 9.48 Å². The molecule has 0 unspecified atom stereocenters. The first kappa shape index (κ1) is 11.2. The van der Waals surface area contributed by atoms with E-state index in [1.165, 1.54) is 11.3 Å². The van der Waals surface area contributed by atoms with E-state index in [1.54, 1.807) is 18.7 Å². The van der Waals surface area contributed by atoms with Crippen LogP contribution >= 0.6 is 11.3 Å². The van der Waals surface area contributed by atoms with Crippen LogP contribution in [0, 0.1) is 0 Å². The average molecular weight is 260 g/mol. The van der Waals surface area contributed by atoms with E-state index in [2.05, 4.69) is 5.10 Å². The molecule has 0 aliphatic rings. The highest BCUT2D eigenvalue weighted by Crippen LogP contribution is 2.37. The van der Waals surface area contributed by atoms with Gasteiger partial charge in [0.1, 0.15) is 11.3 Å². The first-order valence-corrected chi connectivity index (χ1v) is 6.36. The molecule has 0 aliphatic carbocycles. The Kier molecular flexibility index (Phi) is 2.38. The average Bonchev–Trinajstić information content (AvgIpc) is 2.89. The summed E-state index contributed by atoms with van der Waals surface area (Å²) in [6.07, 6.45) is 1.96. The monoisotopic (exact) mass is 260 g/mol. The van der Waals surface area contributed by atoms with E-state index in [0.29, 0.717) is 0 Å². The SMILES string of the molecule is COc1cc2sc(C(C)=O)cc2c2cn(C)nc12. The van der Waals surface area contributed by atoms with Crippen LogP contribution in [0.15, 0.2) is 18.3 Å². The van der Waals surface area contributed by atoms with E-state index in [0.717, 1.165) is 31.6 Å². The van der Waals surface area contributed by atoms with Crippen molar-refractivity contribution >= 4 is 38.1 Å². The zero-order chi connectivity index (χ0) is 12.9. The Bertz CT molecular complexity index is 770. The van der Waals surface area contributed by atoms with Gasteiger partial charge in [-0.15, -0.1) is 11.3 Å². The summed E-state index contributed by atoms with van der Waals surface area (Å²) < 4.78 is 8.18. The van der Waals surface area contributed by atoms with Gasteiger partial charge in [0.2, 0.25) is 0 Å². The second-order valence-corrected chi connectivity index (χ2v) is 5.31. The van der Waals surface area contributed by atoms with Crippen LogP contribution < -0.4 is 4.74 Å². The fourth-order valence-corrected chi connectivity index (χ4v) is 3.11. The van der Waals surface area contributed by atoms with Gasteiger partial charge < -0.3 is 4.74 Å². The molecule has 0 spiro atoms. The third kappa shape index (κ3) is 1.51. The summed E-state index contributed by atoms with van der Waals surface area (Å²) in [5.41, 5.74) is 0.834. The minimum absolute atomic E-state index is 0.0900. The number of carbonyl (C=O) groups is 1. The smallest absolute Gasteiger partial charge is 0.169 e. The Hall–Kier alpha value is -1.88. The highest BCUT2D eigenvalue weighted by Gasteiger charge is 2.14. The number of rotatable bonds is 2. The lowest BCUT2D eigenvalue weighted by molar-refractivity contribution is 0.102. The highest BCUT2D eigenvalue weighted by atomic mass is 32.1. The van der Waals surface area contributed by atoms with Gasteiger partial charge in [-0.1, -0.05) is 0 Å². The van der Waals surface area contributed by atoms with Crippen LogP contribution in [0.2, 0.25) is 0 Å². The number of thiophene rings is 1. The number of fused-ring (bicyclic) bond motifs is 3. The summed E-state index contributed by atoms with van der Waals surface area (Å²) in [6.45, 7) is 1.59. The standard InChI is InChI=1S/C13H12N2O2S/c1-7(16)11-4-8-9-6-15(2)14-13(9)10(17-3)5-12(8)18-11/h4-6H,1-3H3. The van der Waals surface area contributed by atoms with Gasteiger partial charge in [0, 0.05) is 34.8 Å². The van der Waals surface area contributed by atoms with Gasteiger partial charge in [0.25, 0.3) is 0 Å². The molecule has 0 aliphatic heterocycles. The third-order valence-corrected chi connectivity index (χ3v) is 4.13. The third-order valence-electron chi connectivity index (χ3n) is 2.94. The minimum Gasteiger partial charge on any atom is -0.494 e. The lowest BCUT2D eigenvalue weighted by Gasteiger charge is -2.00. The highest BCUT2D eigenvalue weighted by molar-refractivity contribution is 7.21. The Labute approximate surface area is 108 Å². The number of nitrogens with zero attached hydrogens (tertiary/aromatic N) is 2. The fourth-order valence-electron chi connectivity index (χ4n) is 2.11. The number of ketones is 1. The predicted molar refractivity (Wildman–Crippen MR) is 72.7 cm³/mol. The van der Waals surface area contributed by atoms with Gasteiger partial charge in [-0.2, -0.15) is 5.10 Å². The topological polar surface area (TPSA) is 44.1 Å². The summed E-state index contributed by atoms with van der Waals surface area (Å²) in [7, 11) is 3.51. The molecule has 0 radical (unpaired) electrons. The molecule has 0 amide bonds. The molecule has 0 N–H and O–H groups in total. The molecule has 92 valence electrons. The molecular formula is C13H12N2O2S. The van der Waals surface area contributed by atoms with E-state index in [4.69, 9.17) is 4.74 Å². The number of ether oxygens (including phenoxy) is 1. The lowest BCUT2D eigenvalue weighted by Crippen LogP contribution is -1.87. The maximum Gasteiger partial charge on any atom is 0.169 e. The summed E-state index contributed by atoms with van der Waals surface area (Å²) >= 11 is 1.49. The van der Waals surface area contributed by atoms with Crippen molar-refractivity contribution in [1.82, 2.24) is 9.78 Å². The fraction of sp³-hybridized carbons (Fsp3) is 0.231. The summed E-state index contributed by atoms with van der Waals surface area (Å²) in [5.74, 6) is 0.835. The number of hydrogen-bond acceptors (Lipinski definition) is 4. The predicted octanol–water partition coefficient (Wildman–Crippen LogP) is 3.00. The molecule has 2 heterocycles. The molecule has 0 saturated heterocycles. The van der Waals surface area contributed by atoms with Gasteiger partial charge in [-0.05, 0) is 13.0 Å². The summed E-state index contributed by atoms with van der Waals surface area (Å²) in [6, 6.07) is 3.88. The van der Waals surface area contributed by atoms with Crippen LogP contribution in [0.1, 0.15) is 16.6 Å². The second kappa shape index (κ2) is 3.81. The van der Waals surface area contributed by atoms with Gasteiger partial charge in [-0.25, -0.2) is 0 Å². The summed E-state index contributed by atoms with van der Waals surface area (Å²) in [5, 5.41) is 6.49. The maximum absolute atomic E-state index is 11.5. The molecule has 5 heteroatoms. The number of hydrogen-bond donors (Lipinski definition) is 0. The second-order valence-electron chi connectivity index (χ2n) is 4.22. The van der Waals surface area contributed by atoms with Crippen LogP contribution in [0.3, 0.4) is 0 Å². The first-order chi connectivity index (χ1) is 8.60. The van der Waals surface area contributed by atoms with E-state index in [1.807, 2.05) is 25.4 Å². The molecule has 1 aromatic carbocycles. The van der Waals surface area contributed by atoms with Crippen LogP contribution in [-0.4, -0.2) is 22.7 Å². The molecule has 0 atom stereocenters. The molecule has 0 saturated carbocycles. The molecule has 0 bridgehead atoms. The van der Waals surface area contributed by atoms with E-state index in [9.17, 15) is 4.79 Å². The lowest BCUT2D eigenvalue weighted by atomic mass is 10.1. The van der Waals surface area contributed by atoms with Crippen molar-refractivity contribution in [2.24, 2.45) is 7.05 Å². The van der Waals surface area contributed by atoms with Crippen molar-refractivity contribution in [1.29, 1.82) is 0 Å². The van der Waals surface area contributed by atoms with Gasteiger partial charge >= 0.3 is 0 Å². The van der Waals surface area contributed by atoms with E-state index in [-0.39, 0.29) is 5.78 Å². The molecule has 4 nitrogen and oxygen atoms in total. The van der Waals surface area contributed by atoms with Crippen molar-refractivity contribution < 1.29 is 9.53 Å². The van der Waals surface area contributed by atoms with Crippen molar-refractivity contribution in [2.45, 2.75) is 6.92 Å². The number of benzene rings is 1. The maximum atomic E-state index is 11.5. The number of aryl methyl sites for hydroxylation is 1. The number of Topliss-reactive ketones (excluding diaryl/α,β-unsaturated/α-hetero) is 1. The molecular weight excluding hydrogens is 248 g/mol. The minimum atomic E-state index is 0.0900. The molecule has 0 fully saturated rings. The quantitative estimate of drug-likeness (QED) is 0.665. The van der Waals surface area contributed by atoms with Crippen LogP contribution in [-0.2, 0) is 7.05 Å². The molecule has 18 heavy (non-hydrogen) atoms. The molecule has 3 rings (SSSR count). The summed E-state index contributed by atoms with van der Waals surface area (Å²) in [4.78, 5) is 12.2. The zero-order valence-electron chi connectivity index (χ0n) is 10.4. The Balaban J connectivity index is 2.46. The van der Waals surface area contributed by atoms with Crippen LogP contribution in [0.25, 0.3) is 21.0 Å². The van der Waals surface area contributed by atoms with Gasteiger partial charge in [0.15, 0.2) is 5.78 Å². The van der Waals surface area contributed by atoms with Crippen molar-refractivity contribution in [2.75, 3.05) is 7.11 Å². The normalized spacial score (nSPS) is 11.3. The zero-order valence-corrected chi connectivity index (χ0v) is 11.2. The number of methoxy groups -OCH3 is 1. The van der Waals surface area contributed by atoms with Gasteiger partial charge in [0.05, 0.1) is 12.0 Å². The Morgan fingerprint density at radius 2 is 2.17 bits per heavy atom. The Morgan fingerprint density at radius 3 is 2.83 bits per heavy atom. The first-order valence-electron chi connectivity index (χ1n) is 5.55. The van der Waals surface area contributed by atoms with Crippen LogP contribution in [0.4, 0.5) is 0 Å². The van der Waals surface area contributed by atoms with E-state index >= 15 is 0 Å². The van der Waals surface area contributed by atoms with Crippen molar-refractivity contribution in [3.05, 3.63) is 23.2 Å². The number of aromatic nitrogens is 2. The van der Waals surface area contributed by atoms with Crippen LogP contribution in [0.5, 0.6) is 5.75 Å². The number of carbonyl (C=O) groups excluding carboxylic acids is 1. The Morgan fingerprint density at radius 1 is 1.39 bits per heavy atom. The largest absolute Gasteiger partial charge is 0.494 e. The van der Waals surface area contributed by atoms with Crippen molar-refractivity contribution in [3.63, 3.8) is 0 Å². The van der Waals surface area contributed by atoms with E-state index < -0.39 is 0 Å². The van der Waals surface area contributed by atoms with Crippen molar-refractivity contribution in [3.8, 4) is 5.75 Å². The molecule has 2 aromatic heterocycles. The molecule has 3 aromatic rings.